The Hall–Kier alpha value is -1.61. The molecule has 2 aromatic rings. The molecule has 0 N–H and O–H groups in total. The molecule has 0 aliphatic carbocycles. The van der Waals surface area contributed by atoms with Crippen molar-refractivity contribution < 1.29 is 13.2 Å². The summed E-state index contributed by atoms with van der Waals surface area (Å²) in [5.41, 5.74) is 0.840. The van der Waals surface area contributed by atoms with Gasteiger partial charge in [0.2, 0.25) is 0 Å². The first-order chi connectivity index (χ1) is 12.8. The average Bonchev–Trinajstić information content (AvgIpc) is 2.91. The number of amides is 1. The van der Waals surface area contributed by atoms with Crippen LogP contribution in [-0.4, -0.2) is 30.9 Å². The maximum absolute atomic E-state index is 12.6. The standard InChI is InChI=1S/C18H14BrClN2O3S2/c1-2-22-17(23)16(11-12-3-5-13(19)6-4-12)26-18(22)21-27(24,25)15-9-7-14(20)8-10-15/h3-11H,2H2,1H3/b16-11-,21-18+. The van der Waals surface area contributed by atoms with Crippen molar-refractivity contribution in [3.05, 3.63) is 68.5 Å². The monoisotopic (exact) mass is 484 g/mol. The number of hydrogen-bond donors (Lipinski definition) is 0. The number of carbonyl (C=O) groups excluding carboxylic acids is 1. The number of carbonyl (C=O) groups is 1. The highest BCUT2D eigenvalue weighted by atomic mass is 79.9. The molecule has 0 atom stereocenters. The van der Waals surface area contributed by atoms with Crippen molar-refractivity contribution in [2.24, 2.45) is 4.40 Å². The van der Waals surface area contributed by atoms with E-state index < -0.39 is 10.0 Å². The van der Waals surface area contributed by atoms with Crippen LogP contribution in [0.25, 0.3) is 6.08 Å². The lowest BCUT2D eigenvalue weighted by molar-refractivity contribution is -0.122. The maximum atomic E-state index is 12.6. The van der Waals surface area contributed by atoms with Crippen LogP contribution in [-0.2, 0) is 14.8 Å². The van der Waals surface area contributed by atoms with Crippen LogP contribution in [0.3, 0.4) is 0 Å². The second-order valence-corrected chi connectivity index (χ2v) is 9.48. The van der Waals surface area contributed by atoms with E-state index in [1.54, 1.807) is 13.0 Å². The third-order valence-corrected chi connectivity index (χ3v) is 6.87. The Bertz CT molecular complexity index is 1030. The Morgan fingerprint density at radius 1 is 1.15 bits per heavy atom. The summed E-state index contributed by atoms with van der Waals surface area (Å²) < 4.78 is 29.9. The van der Waals surface area contributed by atoms with Crippen molar-refractivity contribution in [2.45, 2.75) is 11.8 Å². The molecule has 3 rings (SSSR count). The van der Waals surface area contributed by atoms with Crippen molar-refractivity contribution in [1.29, 1.82) is 0 Å². The zero-order valence-electron chi connectivity index (χ0n) is 14.1. The second-order valence-electron chi connectivity index (χ2n) is 5.51. The molecule has 0 aromatic heterocycles. The van der Waals surface area contributed by atoms with Gasteiger partial charge in [-0.05, 0) is 66.7 Å². The zero-order chi connectivity index (χ0) is 19.6. The lowest BCUT2D eigenvalue weighted by Gasteiger charge is -2.11. The number of amidine groups is 1. The molecule has 1 saturated heterocycles. The van der Waals surface area contributed by atoms with Gasteiger partial charge in [0.05, 0.1) is 9.80 Å². The minimum Gasteiger partial charge on any atom is -0.286 e. The van der Waals surface area contributed by atoms with Crippen LogP contribution in [0.5, 0.6) is 0 Å². The van der Waals surface area contributed by atoms with E-state index in [4.69, 9.17) is 11.6 Å². The Kier molecular flexibility index (Phi) is 6.10. The molecule has 0 spiro atoms. The fourth-order valence-electron chi connectivity index (χ4n) is 2.33. The van der Waals surface area contributed by atoms with Crippen LogP contribution < -0.4 is 0 Å². The van der Waals surface area contributed by atoms with Gasteiger partial charge in [0, 0.05) is 16.0 Å². The first kappa shape index (κ1) is 20.1. The van der Waals surface area contributed by atoms with Crippen LogP contribution in [0.1, 0.15) is 12.5 Å². The number of halogens is 2. The Balaban J connectivity index is 1.95. The van der Waals surface area contributed by atoms with Crippen molar-refractivity contribution >= 4 is 66.5 Å². The molecule has 1 aliphatic rings. The van der Waals surface area contributed by atoms with Gasteiger partial charge in [-0.3, -0.25) is 9.69 Å². The quantitative estimate of drug-likeness (QED) is 0.584. The third kappa shape index (κ3) is 4.63. The Morgan fingerprint density at radius 2 is 1.78 bits per heavy atom. The minimum absolute atomic E-state index is 0.0221. The van der Waals surface area contributed by atoms with Crippen LogP contribution in [0.15, 0.2) is 67.2 Å². The van der Waals surface area contributed by atoms with E-state index in [0.29, 0.717) is 16.5 Å². The van der Waals surface area contributed by atoms with Gasteiger partial charge < -0.3 is 0 Å². The number of nitrogens with zero attached hydrogens (tertiary/aromatic N) is 2. The van der Waals surface area contributed by atoms with Crippen LogP contribution in [0.2, 0.25) is 5.02 Å². The zero-order valence-corrected chi connectivity index (χ0v) is 18.1. The number of sulfonamides is 1. The van der Waals surface area contributed by atoms with Gasteiger partial charge in [0.15, 0.2) is 5.17 Å². The van der Waals surface area contributed by atoms with Gasteiger partial charge in [-0.1, -0.05) is 39.7 Å². The van der Waals surface area contributed by atoms with E-state index in [1.165, 1.54) is 29.2 Å². The maximum Gasteiger partial charge on any atom is 0.284 e. The van der Waals surface area contributed by atoms with Gasteiger partial charge >= 0.3 is 0 Å². The summed E-state index contributed by atoms with van der Waals surface area (Å²) in [6, 6.07) is 13.2. The minimum atomic E-state index is -3.95. The van der Waals surface area contributed by atoms with E-state index >= 15 is 0 Å². The SMILES string of the molecule is CCN1C(=O)/C(=C/c2ccc(Br)cc2)S/C1=N/S(=O)(=O)c1ccc(Cl)cc1. The van der Waals surface area contributed by atoms with Crippen molar-refractivity contribution in [3.8, 4) is 0 Å². The first-order valence-corrected chi connectivity index (χ1v) is 11.3. The van der Waals surface area contributed by atoms with E-state index in [-0.39, 0.29) is 16.0 Å². The van der Waals surface area contributed by atoms with Gasteiger partial charge in [-0.25, -0.2) is 0 Å². The Labute approximate surface area is 175 Å². The lowest BCUT2D eigenvalue weighted by atomic mass is 10.2. The molecule has 27 heavy (non-hydrogen) atoms. The summed E-state index contributed by atoms with van der Waals surface area (Å²) in [4.78, 5) is 14.4. The predicted molar refractivity (Wildman–Crippen MR) is 113 cm³/mol. The average molecular weight is 486 g/mol. The van der Waals surface area contributed by atoms with E-state index in [2.05, 4.69) is 20.3 Å². The number of thioether (sulfide) groups is 1. The molecular formula is C18H14BrClN2O3S2. The summed E-state index contributed by atoms with van der Waals surface area (Å²) in [5.74, 6) is -0.268. The van der Waals surface area contributed by atoms with E-state index in [0.717, 1.165) is 21.8 Å². The molecule has 1 amide bonds. The molecule has 0 radical (unpaired) electrons. The van der Waals surface area contributed by atoms with Crippen LogP contribution in [0.4, 0.5) is 0 Å². The summed E-state index contributed by atoms with van der Waals surface area (Å²) in [6.07, 6.45) is 1.72. The van der Waals surface area contributed by atoms with Gasteiger partial charge in [0.1, 0.15) is 0 Å². The molecular weight excluding hydrogens is 472 g/mol. The van der Waals surface area contributed by atoms with E-state index in [1.807, 2.05) is 24.3 Å². The summed E-state index contributed by atoms with van der Waals surface area (Å²) in [5, 5.41) is 0.572. The predicted octanol–water partition coefficient (Wildman–Crippen LogP) is 4.78. The van der Waals surface area contributed by atoms with Crippen LogP contribution >= 0.6 is 39.3 Å². The first-order valence-electron chi connectivity index (χ1n) is 7.87. The molecule has 0 saturated carbocycles. The molecule has 1 aliphatic heterocycles. The highest BCUT2D eigenvalue weighted by Crippen LogP contribution is 2.33. The second kappa shape index (κ2) is 8.18. The normalized spacial score (nSPS) is 17.9. The van der Waals surface area contributed by atoms with Gasteiger partial charge in [0.25, 0.3) is 15.9 Å². The highest BCUT2D eigenvalue weighted by Gasteiger charge is 2.34. The lowest BCUT2D eigenvalue weighted by Crippen LogP contribution is -2.29. The van der Waals surface area contributed by atoms with E-state index in [9.17, 15) is 13.2 Å². The smallest absolute Gasteiger partial charge is 0.284 e. The highest BCUT2D eigenvalue weighted by molar-refractivity contribution is 9.10. The largest absolute Gasteiger partial charge is 0.286 e. The molecule has 1 heterocycles. The fraction of sp³-hybridized carbons (Fsp3) is 0.111. The number of rotatable bonds is 4. The molecule has 9 heteroatoms. The summed E-state index contributed by atoms with van der Waals surface area (Å²) in [6.45, 7) is 2.09. The fourth-order valence-corrected chi connectivity index (χ4v) is 4.96. The molecule has 0 bridgehead atoms. The van der Waals surface area contributed by atoms with Crippen LogP contribution in [0, 0.1) is 0 Å². The molecule has 140 valence electrons. The molecule has 0 unspecified atom stereocenters. The Morgan fingerprint density at radius 3 is 2.37 bits per heavy atom. The number of benzene rings is 2. The van der Waals surface area contributed by atoms with Gasteiger partial charge in [-0.2, -0.15) is 8.42 Å². The molecule has 2 aromatic carbocycles. The molecule has 1 fully saturated rings. The summed E-state index contributed by atoms with van der Waals surface area (Å²) >= 11 is 10.2. The number of likely N-dealkylation sites (N-methyl/N-ethyl adjacent to an activating group) is 1. The third-order valence-electron chi connectivity index (χ3n) is 3.68. The topological polar surface area (TPSA) is 66.8 Å². The number of hydrogen-bond acceptors (Lipinski definition) is 4. The van der Waals surface area contributed by atoms with Gasteiger partial charge in [-0.15, -0.1) is 4.40 Å². The van der Waals surface area contributed by atoms with Crippen molar-refractivity contribution in [1.82, 2.24) is 4.90 Å². The van der Waals surface area contributed by atoms with Crippen molar-refractivity contribution in [2.75, 3.05) is 6.54 Å². The summed E-state index contributed by atoms with van der Waals surface area (Å²) in [7, 11) is -3.95. The van der Waals surface area contributed by atoms with Crippen molar-refractivity contribution in [3.63, 3.8) is 0 Å². The molecule has 5 nitrogen and oxygen atoms in total.